The molecule has 4 heteroatoms. The van der Waals surface area contributed by atoms with Gasteiger partial charge in [0.1, 0.15) is 0 Å². The summed E-state index contributed by atoms with van der Waals surface area (Å²) in [6.45, 7) is 7.26. The van der Waals surface area contributed by atoms with Crippen molar-refractivity contribution in [3.63, 3.8) is 0 Å². The standard InChI is InChI=1S/C24H50O.C4H10O3/c1-3-5-7-9-11-13-15-17-19-21-23-25-24-22-20-18-16-14-12-10-8-6-4-2;5-1-3-7-4-2-6/h3-24H2,1-2H3;5-6H,1-4H2. The third-order valence-electron chi connectivity index (χ3n) is 5.76. The van der Waals surface area contributed by atoms with Crippen molar-refractivity contribution in [1.82, 2.24) is 0 Å². The molecule has 0 aliphatic rings. The summed E-state index contributed by atoms with van der Waals surface area (Å²) in [5, 5.41) is 16.2. The third-order valence-corrected chi connectivity index (χ3v) is 5.76. The Labute approximate surface area is 201 Å². The Hall–Kier alpha value is -0.160. The van der Waals surface area contributed by atoms with E-state index in [-0.39, 0.29) is 13.2 Å². The van der Waals surface area contributed by atoms with Crippen molar-refractivity contribution >= 4 is 0 Å². The van der Waals surface area contributed by atoms with Crippen LogP contribution in [0.4, 0.5) is 0 Å². The fourth-order valence-electron chi connectivity index (χ4n) is 3.72. The molecule has 32 heavy (non-hydrogen) atoms. The largest absolute Gasteiger partial charge is 0.394 e. The summed E-state index contributed by atoms with van der Waals surface area (Å²) in [4.78, 5) is 0. The first-order valence-electron chi connectivity index (χ1n) is 14.2. The predicted octanol–water partition coefficient (Wildman–Crippen LogP) is 7.83. The Morgan fingerprint density at radius 2 is 0.594 bits per heavy atom. The maximum absolute atomic E-state index is 8.09. The molecule has 0 aromatic carbocycles. The Morgan fingerprint density at radius 1 is 0.344 bits per heavy atom. The lowest BCUT2D eigenvalue weighted by molar-refractivity contribution is 0.0650. The average molecular weight is 461 g/mol. The lowest BCUT2D eigenvalue weighted by Gasteiger charge is -2.05. The SMILES string of the molecule is CCCCCCCCCCCCOCCCCCCCCCCCC.OCCOCCO. The van der Waals surface area contributed by atoms with E-state index in [1.165, 1.54) is 128 Å². The van der Waals surface area contributed by atoms with Crippen molar-refractivity contribution in [2.24, 2.45) is 0 Å². The number of unbranched alkanes of at least 4 members (excludes halogenated alkanes) is 18. The van der Waals surface area contributed by atoms with Crippen LogP contribution in [0.3, 0.4) is 0 Å². The molecule has 0 aromatic rings. The molecule has 0 aromatic heterocycles. The fraction of sp³-hybridized carbons (Fsp3) is 1.00. The molecule has 0 unspecified atom stereocenters. The van der Waals surface area contributed by atoms with Crippen LogP contribution in [0.15, 0.2) is 0 Å². The molecule has 0 saturated heterocycles. The minimum atomic E-state index is 0.0278. The lowest BCUT2D eigenvalue weighted by atomic mass is 10.1. The van der Waals surface area contributed by atoms with Gasteiger partial charge in [0.25, 0.3) is 0 Å². The van der Waals surface area contributed by atoms with Gasteiger partial charge >= 0.3 is 0 Å². The monoisotopic (exact) mass is 460 g/mol. The van der Waals surface area contributed by atoms with E-state index >= 15 is 0 Å². The molecule has 0 spiro atoms. The Balaban J connectivity index is 0. The van der Waals surface area contributed by atoms with Gasteiger partial charge < -0.3 is 19.7 Å². The first-order chi connectivity index (χ1) is 15.8. The van der Waals surface area contributed by atoms with E-state index < -0.39 is 0 Å². The van der Waals surface area contributed by atoms with Gasteiger partial charge in [0.2, 0.25) is 0 Å². The fourth-order valence-corrected chi connectivity index (χ4v) is 3.72. The van der Waals surface area contributed by atoms with Crippen molar-refractivity contribution in [3.8, 4) is 0 Å². The Morgan fingerprint density at radius 3 is 0.875 bits per heavy atom. The molecule has 196 valence electrons. The van der Waals surface area contributed by atoms with E-state index in [2.05, 4.69) is 18.6 Å². The van der Waals surface area contributed by atoms with Crippen LogP contribution in [-0.4, -0.2) is 49.9 Å². The van der Waals surface area contributed by atoms with E-state index in [0.29, 0.717) is 13.2 Å². The second-order valence-corrected chi connectivity index (χ2v) is 9.04. The van der Waals surface area contributed by atoms with Crippen LogP contribution in [0, 0.1) is 0 Å². The van der Waals surface area contributed by atoms with Crippen molar-refractivity contribution in [2.45, 2.75) is 142 Å². The summed E-state index contributed by atoms with van der Waals surface area (Å²) < 4.78 is 10.4. The molecular formula is C28H60O4. The number of aliphatic hydroxyl groups excluding tert-OH is 2. The summed E-state index contributed by atoms with van der Waals surface area (Å²) in [5.41, 5.74) is 0. The van der Waals surface area contributed by atoms with E-state index in [4.69, 9.17) is 14.9 Å². The second-order valence-electron chi connectivity index (χ2n) is 9.04. The topological polar surface area (TPSA) is 58.9 Å². The molecule has 0 rings (SSSR count). The maximum atomic E-state index is 8.09. The average Bonchev–Trinajstić information content (AvgIpc) is 2.81. The van der Waals surface area contributed by atoms with Gasteiger partial charge in [0.15, 0.2) is 0 Å². The van der Waals surface area contributed by atoms with Crippen LogP contribution in [0.5, 0.6) is 0 Å². The van der Waals surface area contributed by atoms with E-state index in [1.807, 2.05) is 0 Å². The van der Waals surface area contributed by atoms with Gasteiger partial charge in [-0.25, -0.2) is 0 Å². The van der Waals surface area contributed by atoms with Crippen LogP contribution in [0.2, 0.25) is 0 Å². The Kier molecular flexibility index (Phi) is 37.7. The van der Waals surface area contributed by atoms with Crippen LogP contribution in [0.25, 0.3) is 0 Å². The number of hydrogen-bond donors (Lipinski definition) is 2. The smallest absolute Gasteiger partial charge is 0.0698 e. The highest BCUT2D eigenvalue weighted by Crippen LogP contribution is 2.12. The van der Waals surface area contributed by atoms with E-state index in [1.54, 1.807) is 0 Å². The van der Waals surface area contributed by atoms with E-state index in [9.17, 15) is 0 Å². The minimum absolute atomic E-state index is 0.0278. The van der Waals surface area contributed by atoms with Crippen molar-refractivity contribution in [3.05, 3.63) is 0 Å². The number of aliphatic hydroxyl groups is 2. The zero-order chi connectivity index (χ0) is 23.8. The summed E-state index contributed by atoms with van der Waals surface area (Å²) in [5.74, 6) is 0. The van der Waals surface area contributed by atoms with Crippen molar-refractivity contribution in [1.29, 1.82) is 0 Å². The van der Waals surface area contributed by atoms with Gasteiger partial charge in [-0.3, -0.25) is 0 Å². The van der Waals surface area contributed by atoms with Gasteiger partial charge in [-0.05, 0) is 12.8 Å². The van der Waals surface area contributed by atoms with Gasteiger partial charge in [-0.2, -0.15) is 0 Å². The number of ether oxygens (including phenoxy) is 2. The molecule has 0 heterocycles. The minimum Gasteiger partial charge on any atom is -0.394 e. The first kappa shape index (κ1) is 34.0. The van der Waals surface area contributed by atoms with Crippen LogP contribution < -0.4 is 0 Å². The molecule has 0 saturated carbocycles. The molecule has 0 fully saturated rings. The zero-order valence-corrected chi connectivity index (χ0v) is 22.1. The molecule has 0 aliphatic carbocycles. The van der Waals surface area contributed by atoms with Crippen molar-refractivity contribution in [2.75, 3.05) is 39.6 Å². The molecule has 4 nitrogen and oxygen atoms in total. The summed E-state index contributed by atoms with van der Waals surface area (Å²) in [7, 11) is 0. The van der Waals surface area contributed by atoms with E-state index in [0.717, 1.165) is 13.2 Å². The molecule has 0 bridgehead atoms. The number of rotatable bonds is 26. The second kappa shape index (κ2) is 35.4. The lowest BCUT2D eigenvalue weighted by Crippen LogP contribution is -2.03. The first-order valence-corrected chi connectivity index (χ1v) is 14.2. The molecular weight excluding hydrogens is 400 g/mol. The van der Waals surface area contributed by atoms with Gasteiger partial charge in [0.05, 0.1) is 26.4 Å². The van der Waals surface area contributed by atoms with Crippen LogP contribution in [0.1, 0.15) is 142 Å². The normalized spacial score (nSPS) is 10.9. The summed E-state index contributed by atoms with van der Waals surface area (Å²) in [6, 6.07) is 0. The summed E-state index contributed by atoms with van der Waals surface area (Å²) >= 11 is 0. The van der Waals surface area contributed by atoms with Crippen LogP contribution >= 0.6 is 0 Å². The third kappa shape index (κ3) is 37.2. The highest BCUT2D eigenvalue weighted by Gasteiger charge is 1.95. The molecule has 2 N–H and O–H groups in total. The van der Waals surface area contributed by atoms with Crippen molar-refractivity contribution < 1.29 is 19.7 Å². The Bertz CT molecular complexity index is 261. The highest BCUT2D eigenvalue weighted by molar-refractivity contribution is 4.49. The van der Waals surface area contributed by atoms with Gasteiger partial charge in [0, 0.05) is 13.2 Å². The maximum Gasteiger partial charge on any atom is 0.0698 e. The highest BCUT2D eigenvalue weighted by atomic mass is 16.5. The number of hydrogen-bond acceptors (Lipinski definition) is 4. The zero-order valence-electron chi connectivity index (χ0n) is 22.1. The predicted molar refractivity (Wildman–Crippen MR) is 139 cm³/mol. The van der Waals surface area contributed by atoms with Gasteiger partial charge in [-0.1, -0.05) is 129 Å². The van der Waals surface area contributed by atoms with Crippen LogP contribution in [-0.2, 0) is 9.47 Å². The van der Waals surface area contributed by atoms with Gasteiger partial charge in [-0.15, -0.1) is 0 Å². The molecule has 0 aliphatic heterocycles. The molecule has 0 atom stereocenters. The summed E-state index contributed by atoms with van der Waals surface area (Å²) in [6.07, 6.45) is 28.2. The molecule has 0 radical (unpaired) electrons. The molecule has 0 amide bonds. The quantitative estimate of drug-likeness (QED) is 0.129.